The fourth-order valence-electron chi connectivity index (χ4n) is 3.28. The molecule has 2 N–H and O–H groups in total. The maximum absolute atomic E-state index is 5.42. The van der Waals surface area contributed by atoms with Crippen LogP contribution in [0.25, 0.3) is 11.0 Å². The minimum Gasteiger partial charge on any atom is -0.493 e. The minimum absolute atomic E-state index is 0.561. The number of hydrogen-bond donors (Lipinski definition) is 2. The molecule has 0 aliphatic heterocycles. The molecular formula is C24H24N4O4. The quantitative estimate of drug-likeness (QED) is 0.395. The van der Waals surface area contributed by atoms with Crippen LogP contribution in [-0.4, -0.2) is 38.4 Å². The van der Waals surface area contributed by atoms with E-state index in [0.717, 1.165) is 22.4 Å². The van der Waals surface area contributed by atoms with E-state index in [-0.39, 0.29) is 0 Å². The Morgan fingerprint density at radius 2 is 0.938 bits per heavy atom. The molecule has 8 nitrogen and oxygen atoms in total. The van der Waals surface area contributed by atoms with Crippen LogP contribution in [0, 0.1) is 0 Å². The Morgan fingerprint density at radius 1 is 0.531 bits per heavy atom. The summed E-state index contributed by atoms with van der Waals surface area (Å²) in [4.78, 5) is 9.55. The highest BCUT2D eigenvalue weighted by atomic mass is 16.5. The molecule has 0 unspecified atom stereocenters. The van der Waals surface area contributed by atoms with E-state index in [1.54, 1.807) is 28.4 Å². The number of fused-ring (bicyclic) bond motifs is 1. The Morgan fingerprint density at radius 3 is 1.31 bits per heavy atom. The van der Waals surface area contributed by atoms with Gasteiger partial charge in [-0.3, -0.25) is 0 Å². The number of nitrogens with zero attached hydrogens (tertiary/aromatic N) is 2. The SMILES string of the molecule is COc1ccc(Nc2nc3ccccc3nc2Nc2ccc(OC)c(OC)c2)cc1OC. The Balaban J connectivity index is 1.74. The van der Waals surface area contributed by atoms with Crippen LogP contribution < -0.4 is 29.6 Å². The number of rotatable bonds is 8. The van der Waals surface area contributed by atoms with Crippen molar-refractivity contribution in [1.82, 2.24) is 9.97 Å². The van der Waals surface area contributed by atoms with Crippen LogP contribution in [-0.2, 0) is 0 Å². The van der Waals surface area contributed by atoms with Crippen molar-refractivity contribution < 1.29 is 18.9 Å². The van der Waals surface area contributed by atoms with Gasteiger partial charge in [0.1, 0.15) is 0 Å². The molecule has 1 heterocycles. The molecule has 4 aromatic rings. The summed E-state index contributed by atoms with van der Waals surface area (Å²) in [5.74, 6) is 3.63. The molecule has 0 saturated heterocycles. The Labute approximate surface area is 186 Å². The second-order valence-corrected chi connectivity index (χ2v) is 6.80. The summed E-state index contributed by atoms with van der Waals surface area (Å²) in [7, 11) is 6.40. The van der Waals surface area contributed by atoms with E-state index in [4.69, 9.17) is 28.9 Å². The first-order chi connectivity index (χ1) is 15.6. The number of hydrogen-bond acceptors (Lipinski definition) is 8. The van der Waals surface area contributed by atoms with Crippen LogP contribution in [0.15, 0.2) is 60.7 Å². The van der Waals surface area contributed by atoms with Gasteiger partial charge in [-0.2, -0.15) is 0 Å². The van der Waals surface area contributed by atoms with Crippen molar-refractivity contribution in [2.45, 2.75) is 0 Å². The standard InChI is InChI=1S/C24H24N4O4/c1-29-19-11-9-15(13-21(19)31-3)25-23-24(28-18-8-6-5-7-17(18)27-23)26-16-10-12-20(30-2)22(14-16)32-4/h5-14H,1-4H3,(H,25,27)(H,26,28). The first kappa shape index (κ1) is 21.0. The molecule has 0 bridgehead atoms. The van der Waals surface area contributed by atoms with Gasteiger partial charge in [0.25, 0.3) is 0 Å². The molecule has 0 amide bonds. The average molecular weight is 432 g/mol. The van der Waals surface area contributed by atoms with Crippen molar-refractivity contribution >= 4 is 34.0 Å². The van der Waals surface area contributed by atoms with E-state index in [1.807, 2.05) is 60.7 Å². The summed E-state index contributed by atoms with van der Waals surface area (Å²) in [6.07, 6.45) is 0. The average Bonchev–Trinajstić information content (AvgIpc) is 2.84. The number of para-hydroxylation sites is 2. The van der Waals surface area contributed by atoms with Crippen molar-refractivity contribution in [2.24, 2.45) is 0 Å². The summed E-state index contributed by atoms with van der Waals surface area (Å²) >= 11 is 0. The third kappa shape index (κ3) is 4.29. The first-order valence-corrected chi connectivity index (χ1v) is 9.90. The third-order valence-corrected chi connectivity index (χ3v) is 4.86. The van der Waals surface area contributed by atoms with Crippen molar-refractivity contribution in [3.63, 3.8) is 0 Å². The molecule has 4 rings (SSSR count). The highest BCUT2D eigenvalue weighted by Gasteiger charge is 2.13. The van der Waals surface area contributed by atoms with Gasteiger partial charge in [-0.1, -0.05) is 12.1 Å². The summed E-state index contributed by atoms with van der Waals surface area (Å²) in [5, 5.41) is 6.67. The summed E-state index contributed by atoms with van der Waals surface area (Å²) in [5.41, 5.74) is 3.10. The fourth-order valence-corrected chi connectivity index (χ4v) is 3.28. The lowest BCUT2D eigenvalue weighted by Gasteiger charge is -2.16. The third-order valence-electron chi connectivity index (χ3n) is 4.86. The van der Waals surface area contributed by atoms with Crippen LogP contribution in [0.5, 0.6) is 23.0 Å². The van der Waals surface area contributed by atoms with Gasteiger partial charge in [-0.05, 0) is 36.4 Å². The van der Waals surface area contributed by atoms with Crippen LogP contribution in [0.2, 0.25) is 0 Å². The van der Waals surface area contributed by atoms with E-state index in [9.17, 15) is 0 Å². The Bertz CT molecular complexity index is 1150. The van der Waals surface area contributed by atoms with Crippen LogP contribution in [0.1, 0.15) is 0 Å². The van der Waals surface area contributed by atoms with Crippen LogP contribution in [0.4, 0.5) is 23.0 Å². The molecule has 0 spiro atoms. The van der Waals surface area contributed by atoms with Gasteiger partial charge >= 0.3 is 0 Å². The van der Waals surface area contributed by atoms with Crippen molar-refractivity contribution in [3.8, 4) is 23.0 Å². The van der Waals surface area contributed by atoms with E-state index in [0.29, 0.717) is 34.6 Å². The maximum atomic E-state index is 5.42. The summed E-state index contributed by atoms with van der Waals surface area (Å²) < 4.78 is 21.5. The number of anilines is 4. The molecule has 164 valence electrons. The van der Waals surface area contributed by atoms with Crippen LogP contribution in [0.3, 0.4) is 0 Å². The zero-order chi connectivity index (χ0) is 22.5. The van der Waals surface area contributed by atoms with Gasteiger partial charge in [-0.25, -0.2) is 9.97 Å². The second-order valence-electron chi connectivity index (χ2n) is 6.80. The monoisotopic (exact) mass is 432 g/mol. The minimum atomic E-state index is 0.561. The van der Waals surface area contributed by atoms with Gasteiger partial charge in [0.15, 0.2) is 34.6 Å². The zero-order valence-corrected chi connectivity index (χ0v) is 18.3. The predicted molar refractivity (Wildman–Crippen MR) is 125 cm³/mol. The highest BCUT2D eigenvalue weighted by Crippen LogP contribution is 2.35. The lowest BCUT2D eigenvalue weighted by atomic mass is 10.2. The Kier molecular flexibility index (Phi) is 6.12. The smallest absolute Gasteiger partial charge is 0.174 e. The summed E-state index contributed by atoms with van der Waals surface area (Å²) in [6.45, 7) is 0. The van der Waals surface area contributed by atoms with Gasteiger partial charge in [0.05, 0.1) is 39.5 Å². The molecule has 0 saturated carbocycles. The second kappa shape index (κ2) is 9.30. The predicted octanol–water partition coefficient (Wildman–Crippen LogP) is 5.15. The maximum Gasteiger partial charge on any atom is 0.174 e. The van der Waals surface area contributed by atoms with Gasteiger partial charge < -0.3 is 29.6 Å². The molecule has 8 heteroatoms. The van der Waals surface area contributed by atoms with Crippen LogP contribution >= 0.6 is 0 Å². The van der Waals surface area contributed by atoms with Crippen molar-refractivity contribution in [3.05, 3.63) is 60.7 Å². The molecular weight excluding hydrogens is 408 g/mol. The number of nitrogens with one attached hydrogen (secondary N) is 2. The van der Waals surface area contributed by atoms with Gasteiger partial charge in [0, 0.05) is 23.5 Å². The van der Waals surface area contributed by atoms with Crippen molar-refractivity contribution in [1.29, 1.82) is 0 Å². The molecule has 1 aromatic heterocycles. The van der Waals surface area contributed by atoms with E-state index in [1.165, 1.54) is 0 Å². The Hall–Kier alpha value is -4.20. The molecule has 0 aliphatic rings. The highest BCUT2D eigenvalue weighted by molar-refractivity contribution is 5.83. The topological polar surface area (TPSA) is 86.8 Å². The number of ether oxygens (including phenoxy) is 4. The first-order valence-electron chi connectivity index (χ1n) is 9.90. The van der Waals surface area contributed by atoms with Crippen molar-refractivity contribution in [2.75, 3.05) is 39.1 Å². The summed E-state index contributed by atoms with van der Waals surface area (Å²) in [6, 6.07) is 18.8. The normalized spacial score (nSPS) is 10.5. The molecule has 3 aromatic carbocycles. The van der Waals surface area contributed by atoms with Gasteiger partial charge in [0.2, 0.25) is 0 Å². The lowest BCUT2D eigenvalue weighted by Crippen LogP contribution is -2.04. The van der Waals surface area contributed by atoms with Gasteiger partial charge in [-0.15, -0.1) is 0 Å². The molecule has 0 fully saturated rings. The zero-order valence-electron chi connectivity index (χ0n) is 18.3. The lowest BCUT2D eigenvalue weighted by molar-refractivity contribution is 0.355. The molecule has 0 atom stereocenters. The fraction of sp³-hybridized carbons (Fsp3) is 0.167. The van der Waals surface area contributed by atoms with E-state index < -0.39 is 0 Å². The largest absolute Gasteiger partial charge is 0.493 e. The number of methoxy groups -OCH3 is 4. The number of benzene rings is 3. The molecule has 32 heavy (non-hydrogen) atoms. The molecule has 0 radical (unpaired) electrons. The van der Waals surface area contributed by atoms with E-state index in [2.05, 4.69) is 10.6 Å². The van der Waals surface area contributed by atoms with E-state index >= 15 is 0 Å². The number of aromatic nitrogens is 2. The molecule has 0 aliphatic carbocycles.